The van der Waals surface area contributed by atoms with Crippen molar-refractivity contribution >= 4 is 23.5 Å². The molecule has 1 N–H and O–H groups in total. The average molecular weight is 444 g/mol. The smallest absolute Gasteiger partial charge is 0.318 e. The first kappa shape index (κ1) is 20.4. The molecule has 4 nitrogen and oxygen atoms in total. The summed E-state index contributed by atoms with van der Waals surface area (Å²) >= 11 is 1.68. The number of para-hydroxylation sites is 2. The fraction of sp³-hybridized carbons (Fsp3) is 0.115. The Kier molecular flexibility index (Phi) is 5.45. The third kappa shape index (κ3) is 3.67. The summed E-state index contributed by atoms with van der Waals surface area (Å²) in [5, 5.41) is 2.78. The van der Waals surface area contributed by atoms with E-state index in [9.17, 15) is 9.18 Å². The van der Waals surface area contributed by atoms with Gasteiger partial charge in [0.2, 0.25) is 0 Å². The van der Waals surface area contributed by atoms with Gasteiger partial charge in [-0.05, 0) is 59.8 Å². The highest BCUT2D eigenvalue weighted by atomic mass is 32.2. The third-order valence-electron chi connectivity index (χ3n) is 5.77. The number of hydrogen-bond acceptors (Lipinski definition) is 2. The van der Waals surface area contributed by atoms with Crippen molar-refractivity contribution in [2.45, 2.75) is 17.5 Å². The summed E-state index contributed by atoms with van der Waals surface area (Å²) in [5.41, 5.74) is 4.22. The first-order valence-corrected chi connectivity index (χ1v) is 11.6. The van der Waals surface area contributed by atoms with E-state index in [-0.39, 0.29) is 17.8 Å². The molecule has 0 bridgehead atoms. The van der Waals surface area contributed by atoms with E-state index in [0.717, 1.165) is 27.4 Å². The average Bonchev–Trinajstić information content (AvgIpc) is 3.25. The van der Waals surface area contributed by atoms with E-state index in [1.807, 2.05) is 42.8 Å². The molecule has 0 radical (unpaired) electrons. The van der Waals surface area contributed by atoms with E-state index >= 15 is 0 Å². The van der Waals surface area contributed by atoms with Crippen LogP contribution >= 0.6 is 11.8 Å². The van der Waals surface area contributed by atoms with Crippen LogP contribution in [0.25, 0.3) is 5.69 Å². The maximum absolute atomic E-state index is 14.3. The van der Waals surface area contributed by atoms with Crippen LogP contribution in [0.1, 0.15) is 22.9 Å². The number of anilines is 1. The van der Waals surface area contributed by atoms with Gasteiger partial charge in [0.25, 0.3) is 0 Å². The number of aromatic nitrogens is 1. The third-order valence-corrected chi connectivity index (χ3v) is 6.52. The van der Waals surface area contributed by atoms with Crippen LogP contribution in [0.4, 0.5) is 14.9 Å². The van der Waals surface area contributed by atoms with Crippen LogP contribution in [0.5, 0.6) is 0 Å². The van der Waals surface area contributed by atoms with Crippen molar-refractivity contribution in [2.24, 2.45) is 0 Å². The Morgan fingerprint density at radius 3 is 2.50 bits per heavy atom. The van der Waals surface area contributed by atoms with Crippen molar-refractivity contribution in [1.82, 2.24) is 9.47 Å². The molecule has 1 aliphatic rings. The molecule has 3 aromatic carbocycles. The standard InChI is InChI=1S/C26H22FN3OS/c1-32-20-14-12-18(13-15-20)25-24-11-6-16-29(24)23-10-5-2-7-19(23)17-30(25)26(31)28-22-9-4-3-8-21(22)27/h2-16,25H,17H2,1H3,(H,28,31)/t25-/m1/s1. The number of amides is 2. The molecule has 0 saturated heterocycles. The lowest BCUT2D eigenvalue weighted by Crippen LogP contribution is -2.38. The Morgan fingerprint density at radius 1 is 0.969 bits per heavy atom. The van der Waals surface area contributed by atoms with E-state index in [1.165, 1.54) is 6.07 Å². The highest BCUT2D eigenvalue weighted by Gasteiger charge is 2.33. The van der Waals surface area contributed by atoms with Gasteiger partial charge in [-0.15, -0.1) is 11.8 Å². The molecule has 1 atom stereocenters. The lowest BCUT2D eigenvalue weighted by Gasteiger charge is -2.31. The van der Waals surface area contributed by atoms with Gasteiger partial charge >= 0.3 is 6.03 Å². The molecule has 1 aliphatic heterocycles. The lowest BCUT2D eigenvalue weighted by molar-refractivity contribution is 0.194. The van der Waals surface area contributed by atoms with Gasteiger partial charge in [0, 0.05) is 16.8 Å². The highest BCUT2D eigenvalue weighted by molar-refractivity contribution is 7.98. The van der Waals surface area contributed by atoms with Crippen LogP contribution < -0.4 is 5.32 Å². The van der Waals surface area contributed by atoms with Gasteiger partial charge in [0.1, 0.15) is 5.82 Å². The maximum Gasteiger partial charge on any atom is 0.323 e. The van der Waals surface area contributed by atoms with Crippen molar-refractivity contribution in [3.05, 3.63) is 114 Å². The van der Waals surface area contributed by atoms with Gasteiger partial charge in [0.05, 0.1) is 24.0 Å². The van der Waals surface area contributed by atoms with E-state index in [4.69, 9.17) is 0 Å². The number of hydrogen-bond donors (Lipinski definition) is 1. The molecule has 4 aromatic rings. The molecule has 0 spiro atoms. The van der Waals surface area contributed by atoms with E-state index in [2.05, 4.69) is 40.2 Å². The van der Waals surface area contributed by atoms with Crippen molar-refractivity contribution < 1.29 is 9.18 Å². The number of nitrogens with zero attached hydrogens (tertiary/aromatic N) is 2. The van der Waals surface area contributed by atoms with Crippen LogP contribution in [0, 0.1) is 5.82 Å². The lowest BCUT2D eigenvalue weighted by atomic mass is 10.0. The number of rotatable bonds is 3. The molecular formula is C26H22FN3OS. The molecule has 6 heteroatoms. The number of halogens is 1. The number of nitrogens with one attached hydrogen (secondary N) is 1. The van der Waals surface area contributed by atoms with Crippen LogP contribution in [-0.4, -0.2) is 21.8 Å². The van der Waals surface area contributed by atoms with Crippen LogP contribution in [0.15, 0.2) is 96.0 Å². The molecule has 0 aliphatic carbocycles. The predicted molar refractivity (Wildman–Crippen MR) is 127 cm³/mol. The van der Waals surface area contributed by atoms with Crippen molar-refractivity contribution in [1.29, 1.82) is 0 Å². The highest BCUT2D eigenvalue weighted by Crippen LogP contribution is 2.37. The topological polar surface area (TPSA) is 37.3 Å². The minimum absolute atomic E-state index is 0.168. The second-order valence-electron chi connectivity index (χ2n) is 7.65. The molecule has 2 amide bonds. The molecule has 0 fully saturated rings. The monoisotopic (exact) mass is 443 g/mol. The molecule has 1 aromatic heterocycles. The number of fused-ring (bicyclic) bond motifs is 3. The van der Waals surface area contributed by atoms with Gasteiger partial charge in [-0.3, -0.25) is 0 Å². The summed E-state index contributed by atoms with van der Waals surface area (Å²) in [4.78, 5) is 16.5. The van der Waals surface area contributed by atoms with Crippen LogP contribution in [0.3, 0.4) is 0 Å². The fourth-order valence-electron chi connectivity index (χ4n) is 4.23. The molecule has 160 valence electrons. The number of thioether (sulfide) groups is 1. The Labute approximate surface area is 190 Å². The summed E-state index contributed by atoms with van der Waals surface area (Å²) in [5.74, 6) is -0.458. The van der Waals surface area contributed by atoms with Gasteiger partial charge < -0.3 is 14.8 Å². The Balaban J connectivity index is 1.63. The van der Waals surface area contributed by atoms with E-state index < -0.39 is 5.82 Å². The molecular weight excluding hydrogens is 421 g/mol. The summed E-state index contributed by atoms with van der Waals surface area (Å²) in [6, 6.07) is 25.9. The molecule has 32 heavy (non-hydrogen) atoms. The summed E-state index contributed by atoms with van der Waals surface area (Å²) < 4.78 is 16.4. The van der Waals surface area contributed by atoms with Gasteiger partial charge in [-0.2, -0.15) is 0 Å². The van der Waals surface area contributed by atoms with Gasteiger partial charge in [-0.25, -0.2) is 9.18 Å². The molecule has 5 rings (SSSR count). The Bertz CT molecular complexity index is 1270. The SMILES string of the molecule is CSc1ccc([C@@H]2c3cccn3-c3ccccc3CN2C(=O)Nc2ccccc2F)cc1. The van der Waals surface area contributed by atoms with Crippen LogP contribution in [-0.2, 0) is 6.54 Å². The number of carbonyl (C=O) groups is 1. The number of benzene rings is 3. The van der Waals surface area contributed by atoms with Crippen LogP contribution in [0.2, 0.25) is 0 Å². The summed E-state index contributed by atoms with van der Waals surface area (Å²) in [6.45, 7) is 0.396. The Morgan fingerprint density at radius 2 is 1.72 bits per heavy atom. The first-order chi connectivity index (χ1) is 15.7. The zero-order chi connectivity index (χ0) is 22.1. The second-order valence-corrected chi connectivity index (χ2v) is 8.53. The predicted octanol–water partition coefficient (Wildman–Crippen LogP) is 6.48. The largest absolute Gasteiger partial charge is 0.323 e. The zero-order valence-electron chi connectivity index (χ0n) is 17.5. The van der Waals surface area contributed by atoms with E-state index in [1.54, 1.807) is 34.9 Å². The minimum Gasteiger partial charge on any atom is -0.318 e. The maximum atomic E-state index is 14.3. The van der Waals surface area contributed by atoms with E-state index in [0.29, 0.717) is 6.54 Å². The number of carbonyl (C=O) groups excluding carboxylic acids is 1. The van der Waals surface area contributed by atoms with Crippen molar-refractivity contribution in [2.75, 3.05) is 11.6 Å². The zero-order valence-corrected chi connectivity index (χ0v) is 18.4. The van der Waals surface area contributed by atoms with Gasteiger partial charge in [0.15, 0.2) is 0 Å². The first-order valence-electron chi connectivity index (χ1n) is 10.4. The van der Waals surface area contributed by atoms with Crippen molar-refractivity contribution in [3.63, 3.8) is 0 Å². The summed E-state index contributed by atoms with van der Waals surface area (Å²) in [6.07, 6.45) is 4.06. The second kappa shape index (κ2) is 8.55. The molecule has 0 saturated carbocycles. The minimum atomic E-state index is -0.458. The van der Waals surface area contributed by atoms with Crippen molar-refractivity contribution in [3.8, 4) is 5.69 Å². The summed E-state index contributed by atoms with van der Waals surface area (Å²) in [7, 11) is 0. The van der Waals surface area contributed by atoms with Gasteiger partial charge in [-0.1, -0.05) is 42.5 Å². The quantitative estimate of drug-likeness (QED) is 0.368. The molecule has 2 heterocycles. The molecule has 0 unspecified atom stereocenters. The number of urea groups is 1. The fourth-order valence-corrected chi connectivity index (χ4v) is 4.63. The normalized spacial score (nSPS) is 14.9. The Hall–Kier alpha value is -3.51.